The van der Waals surface area contributed by atoms with E-state index in [9.17, 15) is 4.79 Å². The van der Waals surface area contributed by atoms with E-state index in [0.717, 1.165) is 55.6 Å². The lowest BCUT2D eigenvalue weighted by Crippen LogP contribution is -2.81. The molecule has 0 saturated carbocycles. The molecule has 5 aliphatic rings. The van der Waals surface area contributed by atoms with Crippen LogP contribution in [-0.2, 0) is 114 Å². The molecule has 16 aromatic carbocycles. The fourth-order valence-corrected chi connectivity index (χ4v) is 23.6. The van der Waals surface area contributed by atoms with Gasteiger partial charge < -0.3 is 40.7 Å². The molecule has 0 spiro atoms. The van der Waals surface area contributed by atoms with E-state index in [-0.39, 0.29) is 110 Å². The molecule has 0 saturated heterocycles. The first-order valence-electron chi connectivity index (χ1n) is 48.6. The zero-order valence-electron chi connectivity index (χ0n) is 79.7. The molecule has 0 bridgehead atoms. The second-order valence-corrected chi connectivity index (χ2v) is 41.1. The average molecular weight is 2050 g/mol. The third kappa shape index (κ3) is 19.2. The number of rotatable bonds is 30. The van der Waals surface area contributed by atoms with Gasteiger partial charge in [-0.25, -0.2) is 4.39 Å². The van der Waals surface area contributed by atoms with Crippen LogP contribution in [0, 0.1) is 5.82 Å². The number of nitrogens with one attached hydrogen (secondary N) is 3. The van der Waals surface area contributed by atoms with Gasteiger partial charge in [0, 0.05) is 126 Å². The third-order valence-electron chi connectivity index (χ3n) is 29.5. The maximum atomic E-state index is 19.6. The van der Waals surface area contributed by atoms with Crippen molar-refractivity contribution in [2.45, 2.75) is 133 Å². The quantitative estimate of drug-likeness (QED) is 0.0161. The largest absolute Gasteiger partial charge is 0.490 e. The van der Waals surface area contributed by atoms with Crippen LogP contribution in [0.15, 0.2) is 352 Å². The van der Waals surface area contributed by atoms with Gasteiger partial charge in [-0.15, -0.1) is 0 Å². The molecule has 7 unspecified atom stereocenters. The summed E-state index contributed by atoms with van der Waals surface area (Å²) in [6, 6.07) is 98.5. The molecule has 21 rings (SSSR count). The number of fused-ring (bicyclic) bond motifs is 7. The minimum absolute atomic E-state index is 0.00970. The predicted molar refractivity (Wildman–Crippen MR) is 578 cm³/mol. The number of Topliss-reactive ketones (excluding diaryl/α,β-unsaturated/α-hetero) is 1. The summed E-state index contributed by atoms with van der Waals surface area (Å²) in [5.74, 6) is -5.31. The Morgan fingerprint density at radius 3 is 1.32 bits per heavy atom. The van der Waals surface area contributed by atoms with Crippen LogP contribution in [0.1, 0.15) is 107 Å². The molecule has 5 heterocycles. The number of ketones is 1. The van der Waals surface area contributed by atoms with Crippen LogP contribution in [0.25, 0.3) is 66.1 Å². The minimum Gasteiger partial charge on any atom is -0.490 e. The lowest BCUT2D eigenvalue weighted by Gasteiger charge is -2.52. The summed E-state index contributed by atoms with van der Waals surface area (Å²) >= 11 is 45.2. The van der Waals surface area contributed by atoms with E-state index in [2.05, 4.69) is 22.5 Å². The molecule has 17 nitrogen and oxygen atoms in total. The van der Waals surface area contributed by atoms with E-state index in [1.54, 1.807) is 103 Å². The van der Waals surface area contributed by atoms with Crippen molar-refractivity contribution in [2.75, 3.05) is 6.61 Å². The highest BCUT2D eigenvalue weighted by molar-refractivity contribution is 6.35. The van der Waals surface area contributed by atoms with Crippen molar-refractivity contribution < 1.29 is 37.9 Å². The molecular formula is C122H101Cl6FN10O7. The van der Waals surface area contributed by atoms with Crippen molar-refractivity contribution in [1.82, 2.24) is 40.4 Å². The molecule has 5 aliphatic heterocycles. The molecule has 5 amide bonds. The average Bonchev–Trinajstić information content (AvgIpc) is 0.989. The fraction of sp³-hybridized carbons (Fsp3) is 0.180. The van der Waals surface area contributed by atoms with Crippen LogP contribution in [0.5, 0.6) is 5.75 Å². The Kier molecular flexibility index (Phi) is 27.7. The van der Waals surface area contributed by atoms with Gasteiger partial charge in [-0.05, 0) is 206 Å². The fourth-order valence-electron chi connectivity index (χ4n) is 22.2. The number of nitrogens with zero attached hydrogens (tertiary/aromatic N) is 5. The van der Waals surface area contributed by atoms with Gasteiger partial charge in [0.05, 0.1) is 17.1 Å². The van der Waals surface area contributed by atoms with Crippen LogP contribution in [-0.4, -0.2) is 95.8 Å². The second-order valence-electron chi connectivity index (χ2n) is 38.6. The summed E-state index contributed by atoms with van der Waals surface area (Å²) in [5.41, 5.74) is 25.7. The Bertz CT molecular complexity index is 7820. The molecule has 7 atom stereocenters. The molecule has 16 aromatic rings. The van der Waals surface area contributed by atoms with E-state index >= 15 is 28.4 Å². The number of hydrogen-bond donors (Lipinski definition) is 5. The normalized spacial score (nSPS) is 15.6. The van der Waals surface area contributed by atoms with Crippen molar-refractivity contribution >= 4 is 126 Å². The molecule has 7 N–H and O–H groups in total. The molecule has 0 radical (unpaired) electrons. The van der Waals surface area contributed by atoms with Gasteiger partial charge >= 0.3 is 0 Å². The Morgan fingerprint density at radius 2 is 0.801 bits per heavy atom. The van der Waals surface area contributed by atoms with Crippen LogP contribution >= 0.6 is 69.6 Å². The summed E-state index contributed by atoms with van der Waals surface area (Å²) < 4.78 is 21.5. The highest BCUT2D eigenvalue weighted by Crippen LogP contribution is 2.49. The molecule has 730 valence electrons. The number of amides is 5. The van der Waals surface area contributed by atoms with Gasteiger partial charge in [0.15, 0.2) is 11.4 Å². The number of carbonyl (C=O) groups excluding carboxylic acids is 6. The minimum atomic E-state index is -2.75. The first-order chi connectivity index (χ1) is 70.7. The molecular weight excluding hydrogens is 1950 g/mol. The first-order valence-corrected chi connectivity index (χ1v) is 50.9. The highest BCUT2D eigenvalue weighted by atomic mass is 35.5. The second kappa shape index (κ2) is 41.2. The third-order valence-corrected chi connectivity index (χ3v) is 31.5. The summed E-state index contributed by atoms with van der Waals surface area (Å²) in [5, 5.41) is 15.8. The van der Waals surface area contributed by atoms with Crippen molar-refractivity contribution in [3.05, 3.63) is 477 Å². The smallest absolute Gasteiger partial charge is 0.258 e. The maximum absolute atomic E-state index is 19.6. The van der Waals surface area contributed by atoms with E-state index in [1.807, 2.05) is 255 Å². The number of halogens is 7. The lowest BCUT2D eigenvalue weighted by atomic mass is 9.68. The predicted octanol–water partition coefficient (Wildman–Crippen LogP) is 24.1. The maximum Gasteiger partial charge on any atom is 0.258 e. The van der Waals surface area contributed by atoms with E-state index in [4.69, 9.17) is 85.8 Å². The standard InChI is InChI=1S/C122H101Cl6FN10O7/c1-3-55-146-93-51-49-81(108(127)61-93)62-120(130,118(144)138-70-89-29-10-11-30-90(89)71-138)112(102-53-52-98(94-35-14-15-36-97(94)102)101-38-17-19-44-105(101)124)113(116(142)136-66-85-25-6-7-26-86(85)67-136)132-114(117(143)137-68-87-27-8-9-28-88(87)69-137)122(103-42-22-40-95-96(39-21-41-99(95)103)100-37-16-18-43-104(100)123,133-111(115(141)135-64-83-23-4-5-24-84(83)65-135)60-80-47-45-78(57-106(80)125)79-50-54-110(129)109(128)59-79)134-121(131,119(145)139-72-91-31-12-13-32-92(91)73-139)63-82-48-46-77(58-107(82)126)76-34-20-33-75(56-76)74(2)140/h3-54,56-59,61,111-114,132-134H,1,55,60,62-73,130-131H2,2H3. The number of hydrogen-bond acceptors (Lipinski definition) is 12. The zero-order chi connectivity index (χ0) is 101. The lowest BCUT2D eigenvalue weighted by molar-refractivity contribution is -0.148. The van der Waals surface area contributed by atoms with E-state index < -0.39 is 89.1 Å². The van der Waals surface area contributed by atoms with Gasteiger partial charge in [0.2, 0.25) is 23.6 Å². The summed E-state index contributed by atoms with van der Waals surface area (Å²) in [6.45, 7) is 5.91. The van der Waals surface area contributed by atoms with Crippen molar-refractivity contribution in [3.8, 4) is 50.3 Å². The van der Waals surface area contributed by atoms with Crippen molar-refractivity contribution in [2.24, 2.45) is 11.5 Å². The zero-order valence-corrected chi connectivity index (χ0v) is 84.3. The highest BCUT2D eigenvalue weighted by Gasteiger charge is 2.60. The molecule has 0 aliphatic carbocycles. The van der Waals surface area contributed by atoms with E-state index in [0.29, 0.717) is 110 Å². The molecule has 0 fully saturated rings. The number of nitrogens with two attached hydrogens (primary N) is 2. The molecule has 146 heavy (non-hydrogen) atoms. The Morgan fingerprint density at radius 1 is 0.390 bits per heavy atom. The van der Waals surface area contributed by atoms with E-state index in [1.165, 1.54) is 19.1 Å². The Hall–Kier alpha value is -13.9. The van der Waals surface area contributed by atoms with Gasteiger partial charge in [0.25, 0.3) is 5.91 Å². The Balaban J connectivity index is 0.902. The van der Waals surface area contributed by atoms with Crippen LogP contribution in [0.2, 0.25) is 30.1 Å². The molecule has 24 heteroatoms. The monoisotopic (exact) mass is 2050 g/mol. The number of carbonyl (C=O) groups is 6. The van der Waals surface area contributed by atoms with Gasteiger partial charge in [-0.3, -0.25) is 44.7 Å². The van der Waals surface area contributed by atoms with Gasteiger partial charge in [-0.2, -0.15) is 0 Å². The van der Waals surface area contributed by atoms with Gasteiger partial charge in [0.1, 0.15) is 35.4 Å². The SMILES string of the molecule is C=CCOc1ccc(CC(N)(C(=O)N2Cc3ccccc3C2)C(c2ccc(-c3ccccc3Cl)c3ccccc23)C(NC(C(=O)N2Cc3ccccc3C2)C(NC(Cc2ccc(-c3ccc(F)c(Cl)c3)cc2Cl)C(=O)N2Cc3ccccc3C2)(NC(N)(Cc2ccc(-c3cccc(C(C)=O)c3)cc2Cl)C(=O)N2Cc3ccccc3C2)c2cccc3c(-c4ccccc4Cl)cccc23)C(=O)N2Cc3ccccc3C2)c(Cl)c1. The van der Waals surface area contributed by atoms with Crippen LogP contribution < -0.4 is 32.2 Å². The van der Waals surface area contributed by atoms with Crippen molar-refractivity contribution in [1.29, 1.82) is 0 Å². The molecule has 0 aromatic heterocycles. The number of ether oxygens (including phenoxy) is 1. The summed E-state index contributed by atoms with van der Waals surface area (Å²) in [7, 11) is 0. The van der Waals surface area contributed by atoms with Crippen LogP contribution in [0.4, 0.5) is 4.39 Å². The summed E-state index contributed by atoms with van der Waals surface area (Å²) in [4.78, 5) is 115. The summed E-state index contributed by atoms with van der Waals surface area (Å²) in [6.07, 6.45) is 0.396. The topological polar surface area (TPSA) is 216 Å². The van der Waals surface area contributed by atoms with Crippen LogP contribution in [0.3, 0.4) is 0 Å². The Labute approximate surface area is 876 Å². The van der Waals surface area contributed by atoms with Crippen molar-refractivity contribution in [3.63, 3.8) is 0 Å². The number of benzene rings is 16. The first kappa shape index (κ1) is 98.1. The van der Waals surface area contributed by atoms with Gasteiger partial charge in [-0.1, -0.05) is 367 Å².